The largest absolute Gasteiger partial charge is 0.490 e. The fraction of sp³-hybridized carbons (Fsp3) is 0.211. The molecule has 0 bridgehead atoms. The smallest absolute Gasteiger partial charge is 0.161 e. The van der Waals surface area contributed by atoms with Gasteiger partial charge in [-0.3, -0.25) is 0 Å². The Morgan fingerprint density at radius 1 is 1.00 bits per heavy atom. The van der Waals surface area contributed by atoms with Crippen molar-refractivity contribution in [2.24, 2.45) is 0 Å². The van der Waals surface area contributed by atoms with Crippen LogP contribution >= 0.6 is 0 Å². The monoisotopic (exact) mass is 293 g/mol. The Hall–Kier alpha value is -2.73. The van der Waals surface area contributed by atoms with Gasteiger partial charge in [0.15, 0.2) is 11.5 Å². The number of ether oxygens (including phenoxy) is 2. The summed E-state index contributed by atoms with van der Waals surface area (Å²) in [5, 5.41) is 9.44. The van der Waals surface area contributed by atoms with Crippen LogP contribution in [0.1, 0.15) is 25.0 Å². The van der Waals surface area contributed by atoms with Crippen molar-refractivity contribution in [3.8, 4) is 17.6 Å². The molecule has 0 fully saturated rings. The maximum absolute atomic E-state index is 9.44. The van der Waals surface area contributed by atoms with Crippen LogP contribution in [0.5, 0.6) is 11.5 Å². The molecule has 0 aliphatic heterocycles. The van der Waals surface area contributed by atoms with Gasteiger partial charge in [-0.2, -0.15) is 5.26 Å². The third-order valence-electron chi connectivity index (χ3n) is 3.09. The van der Waals surface area contributed by atoms with Crippen LogP contribution in [0.4, 0.5) is 0 Å². The average molecular weight is 293 g/mol. The summed E-state index contributed by atoms with van der Waals surface area (Å²) < 4.78 is 11.2. The Morgan fingerprint density at radius 2 is 1.68 bits per heavy atom. The number of rotatable bonds is 6. The van der Waals surface area contributed by atoms with Crippen LogP contribution in [0.2, 0.25) is 0 Å². The highest BCUT2D eigenvalue weighted by Crippen LogP contribution is 2.31. The van der Waals surface area contributed by atoms with E-state index < -0.39 is 0 Å². The van der Waals surface area contributed by atoms with Crippen LogP contribution in [0, 0.1) is 11.3 Å². The molecule has 22 heavy (non-hydrogen) atoms. The number of benzene rings is 2. The Balaban J connectivity index is 2.40. The highest BCUT2D eigenvalue weighted by molar-refractivity contribution is 5.90. The molecule has 3 nitrogen and oxygen atoms in total. The van der Waals surface area contributed by atoms with Crippen molar-refractivity contribution in [1.82, 2.24) is 0 Å². The maximum Gasteiger partial charge on any atom is 0.161 e. The highest BCUT2D eigenvalue weighted by atomic mass is 16.5. The summed E-state index contributed by atoms with van der Waals surface area (Å²) in [6.07, 6.45) is 1.87. The molecule has 0 saturated carbocycles. The first-order valence-corrected chi connectivity index (χ1v) is 7.35. The van der Waals surface area contributed by atoms with Crippen LogP contribution in [-0.4, -0.2) is 13.2 Å². The second-order valence-corrected chi connectivity index (χ2v) is 4.61. The summed E-state index contributed by atoms with van der Waals surface area (Å²) in [5.41, 5.74) is 2.40. The molecule has 0 aliphatic rings. The molecule has 3 heteroatoms. The summed E-state index contributed by atoms with van der Waals surface area (Å²) >= 11 is 0. The Bertz CT molecular complexity index is 684. The van der Waals surface area contributed by atoms with Crippen molar-refractivity contribution in [2.75, 3.05) is 13.2 Å². The zero-order valence-corrected chi connectivity index (χ0v) is 12.9. The lowest BCUT2D eigenvalue weighted by molar-refractivity contribution is 0.287. The quantitative estimate of drug-likeness (QED) is 0.579. The Morgan fingerprint density at radius 3 is 2.32 bits per heavy atom. The summed E-state index contributed by atoms with van der Waals surface area (Å²) in [7, 11) is 0. The number of nitrogens with zero attached hydrogens (tertiary/aromatic N) is 1. The molecule has 0 unspecified atom stereocenters. The van der Waals surface area contributed by atoms with E-state index in [-0.39, 0.29) is 0 Å². The van der Waals surface area contributed by atoms with Gasteiger partial charge in [0.1, 0.15) is 0 Å². The first kappa shape index (κ1) is 15.7. The number of hydrogen-bond donors (Lipinski definition) is 0. The number of nitriles is 1. The first-order chi connectivity index (χ1) is 10.8. The summed E-state index contributed by atoms with van der Waals surface area (Å²) in [6.45, 7) is 4.98. The van der Waals surface area contributed by atoms with E-state index >= 15 is 0 Å². The molecule has 0 radical (unpaired) electrons. The molecule has 0 saturated heterocycles. The van der Waals surface area contributed by atoms with Crippen molar-refractivity contribution < 1.29 is 9.47 Å². The average Bonchev–Trinajstić information content (AvgIpc) is 2.56. The normalized spacial score (nSPS) is 10.9. The van der Waals surface area contributed by atoms with E-state index in [1.807, 2.05) is 68.5 Å². The molecule has 0 spiro atoms. The molecule has 2 rings (SSSR count). The molecular weight excluding hydrogens is 274 g/mol. The van der Waals surface area contributed by atoms with Gasteiger partial charge in [-0.1, -0.05) is 30.3 Å². The Labute approximate surface area is 131 Å². The minimum Gasteiger partial charge on any atom is -0.490 e. The first-order valence-electron chi connectivity index (χ1n) is 7.35. The second kappa shape index (κ2) is 7.90. The van der Waals surface area contributed by atoms with E-state index in [1.54, 1.807) is 0 Å². The molecule has 0 amide bonds. The van der Waals surface area contributed by atoms with E-state index in [9.17, 15) is 5.26 Å². The van der Waals surface area contributed by atoms with Gasteiger partial charge in [-0.15, -0.1) is 0 Å². The lowest BCUT2D eigenvalue weighted by Crippen LogP contribution is -1.99. The van der Waals surface area contributed by atoms with Crippen LogP contribution in [0.15, 0.2) is 48.5 Å². The minimum absolute atomic E-state index is 0.549. The van der Waals surface area contributed by atoms with E-state index in [0.717, 1.165) is 11.1 Å². The van der Waals surface area contributed by atoms with Crippen molar-refractivity contribution in [2.45, 2.75) is 13.8 Å². The van der Waals surface area contributed by atoms with Crippen LogP contribution in [0.3, 0.4) is 0 Å². The predicted molar refractivity (Wildman–Crippen MR) is 88.7 cm³/mol. The van der Waals surface area contributed by atoms with E-state index in [2.05, 4.69) is 6.07 Å². The van der Waals surface area contributed by atoms with E-state index in [1.165, 1.54) is 0 Å². The van der Waals surface area contributed by atoms with E-state index in [4.69, 9.17) is 9.47 Å². The van der Waals surface area contributed by atoms with Gasteiger partial charge in [-0.05, 0) is 49.2 Å². The topological polar surface area (TPSA) is 42.2 Å². The van der Waals surface area contributed by atoms with Gasteiger partial charge in [0, 0.05) is 0 Å². The van der Waals surface area contributed by atoms with Gasteiger partial charge in [0.05, 0.1) is 24.9 Å². The molecule has 2 aromatic rings. The van der Waals surface area contributed by atoms with Gasteiger partial charge >= 0.3 is 0 Å². The third kappa shape index (κ3) is 3.89. The maximum atomic E-state index is 9.44. The number of hydrogen-bond acceptors (Lipinski definition) is 3. The SMILES string of the molecule is CCOc1ccc(/C(C#N)=C\c2ccccc2)cc1OCC. The minimum atomic E-state index is 0.549. The van der Waals surface area contributed by atoms with Gasteiger partial charge in [-0.25, -0.2) is 0 Å². The molecule has 0 heterocycles. The van der Waals surface area contributed by atoms with Crippen LogP contribution in [0.25, 0.3) is 11.6 Å². The molecule has 0 N–H and O–H groups in total. The van der Waals surface area contributed by atoms with Crippen molar-refractivity contribution >= 4 is 11.6 Å². The fourth-order valence-electron chi connectivity index (χ4n) is 2.11. The number of allylic oxidation sites excluding steroid dienone is 1. The fourth-order valence-corrected chi connectivity index (χ4v) is 2.11. The molecule has 112 valence electrons. The highest BCUT2D eigenvalue weighted by Gasteiger charge is 2.09. The van der Waals surface area contributed by atoms with Gasteiger partial charge < -0.3 is 9.47 Å². The zero-order valence-electron chi connectivity index (χ0n) is 12.9. The van der Waals surface area contributed by atoms with E-state index in [0.29, 0.717) is 30.3 Å². The lowest BCUT2D eigenvalue weighted by Gasteiger charge is -2.12. The lowest BCUT2D eigenvalue weighted by atomic mass is 10.0. The molecule has 0 aromatic heterocycles. The van der Waals surface area contributed by atoms with Crippen molar-refractivity contribution in [3.63, 3.8) is 0 Å². The molecule has 0 aliphatic carbocycles. The van der Waals surface area contributed by atoms with Crippen molar-refractivity contribution in [1.29, 1.82) is 5.26 Å². The predicted octanol–water partition coefficient (Wildman–Crippen LogP) is 4.55. The Kier molecular flexibility index (Phi) is 5.62. The van der Waals surface area contributed by atoms with Crippen LogP contribution in [-0.2, 0) is 0 Å². The summed E-state index contributed by atoms with van der Waals surface area (Å²) in [5.74, 6) is 1.36. The zero-order chi connectivity index (χ0) is 15.8. The summed E-state index contributed by atoms with van der Waals surface area (Å²) in [6, 6.07) is 17.6. The third-order valence-corrected chi connectivity index (χ3v) is 3.09. The van der Waals surface area contributed by atoms with Gasteiger partial charge in [0.25, 0.3) is 0 Å². The second-order valence-electron chi connectivity index (χ2n) is 4.61. The standard InChI is InChI=1S/C19H19NO2/c1-3-21-18-11-10-16(13-19(18)22-4-2)17(14-20)12-15-8-6-5-7-9-15/h5-13H,3-4H2,1-2H3/b17-12-. The molecule has 2 aromatic carbocycles. The van der Waals surface area contributed by atoms with Crippen LogP contribution < -0.4 is 9.47 Å². The summed E-state index contributed by atoms with van der Waals surface area (Å²) in [4.78, 5) is 0. The molecule has 0 atom stereocenters. The van der Waals surface area contributed by atoms with Crippen molar-refractivity contribution in [3.05, 3.63) is 59.7 Å². The molecular formula is C19H19NO2. The van der Waals surface area contributed by atoms with Gasteiger partial charge in [0.2, 0.25) is 0 Å².